The molecule has 1 aromatic heterocycles. The van der Waals surface area contributed by atoms with E-state index in [4.69, 9.17) is 5.73 Å². The minimum Gasteiger partial charge on any atom is -0.370 e. The molecule has 2 N–H and O–H groups in total. The number of guanidine groups is 1. The number of rotatable bonds is 3. The van der Waals surface area contributed by atoms with Gasteiger partial charge in [-0.2, -0.15) is 0 Å². The average molecular weight is 279 g/mol. The molecule has 1 aromatic rings. The Morgan fingerprint density at radius 3 is 3.00 bits per heavy atom. The predicted molar refractivity (Wildman–Crippen MR) is 77.2 cm³/mol. The first kappa shape index (κ1) is 12.8. The first-order valence-corrected chi connectivity index (χ1v) is 7.91. The topological polar surface area (TPSA) is 67.4 Å². The molecule has 1 saturated heterocycles. The molecular weight excluding hydrogens is 258 g/mol. The van der Waals surface area contributed by atoms with Gasteiger partial charge in [0.1, 0.15) is 10.0 Å². The van der Waals surface area contributed by atoms with Crippen LogP contribution in [0, 0.1) is 5.92 Å². The van der Waals surface area contributed by atoms with Gasteiger partial charge in [0.2, 0.25) is 0 Å². The zero-order valence-electron chi connectivity index (χ0n) is 11.4. The van der Waals surface area contributed by atoms with Crippen LogP contribution in [-0.2, 0) is 6.54 Å². The number of aromatic nitrogens is 2. The van der Waals surface area contributed by atoms with Crippen molar-refractivity contribution < 1.29 is 0 Å². The van der Waals surface area contributed by atoms with Gasteiger partial charge >= 0.3 is 0 Å². The first-order valence-electron chi connectivity index (χ1n) is 7.09. The number of piperidine rings is 1. The van der Waals surface area contributed by atoms with E-state index in [0.717, 1.165) is 18.1 Å². The second-order valence-electron chi connectivity index (χ2n) is 5.68. The van der Waals surface area contributed by atoms with Gasteiger partial charge < -0.3 is 10.6 Å². The third-order valence-corrected chi connectivity index (χ3v) is 4.84. The van der Waals surface area contributed by atoms with Crippen LogP contribution in [0.3, 0.4) is 0 Å². The second kappa shape index (κ2) is 5.45. The summed E-state index contributed by atoms with van der Waals surface area (Å²) < 4.78 is 0. The molecule has 3 rings (SSSR count). The number of nitrogens with zero attached hydrogens (tertiary/aromatic N) is 4. The summed E-state index contributed by atoms with van der Waals surface area (Å²) in [5.41, 5.74) is 6.07. The Kier molecular flexibility index (Phi) is 3.68. The molecule has 1 atom stereocenters. The van der Waals surface area contributed by atoms with Crippen molar-refractivity contribution in [2.24, 2.45) is 16.6 Å². The average Bonchev–Trinajstić information content (AvgIpc) is 3.15. The second-order valence-corrected chi connectivity index (χ2v) is 6.77. The van der Waals surface area contributed by atoms with Gasteiger partial charge in [-0.25, -0.2) is 4.99 Å². The van der Waals surface area contributed by atoms with E-state index in [0.29, 0.717) is 24.3 Å². The van der Waals surface area contributed by atoms with Crippen LogP contribution < -0.4 is 5.73 Å². The summed E-state index contributed by atoms with van der Waals surface area (Å²) in [6.45, 7) is 4.90. The van der Waals surface area contributed by atoms with Crippen LogP contribution in [-0.4, -0.2) is 34.1 Å². The lowest BCUT2D eigenvalue weighted by molar-refractivity contribution is 0.270. The number of hydrogen-bond acceptors (Lipinski definition) is 4. The van der Waals surface area contributed by atoms with Crippen molar-refractivity contribution >= 4 is 17.3 Å². The molecule has 104 valence electrons. The van der Waals surface area contributed by atoms with E-state index in [1.807, 2.05) is 0 Å². The zero-order chi connectivity index (χ0) is 13.2. The molecule has 19 heavy (non-hydrogen) atoms. The van der Waals surface area contributed by atoms with E-state index in [-0.39, 0.29) is 0 Å². The molecule has 2 aliphatic rings. The van der Waals surface area contributed by atoms with Crippen molar-refractivity contribution in [2.45, 2.75) is 45.1 Å². The number of nitrogens with two attached hydrogens (primary N) is 1. The van der Waals surface area contributed by atoms with Crippen LogP contribution in [0.15, 0.2) is 4.99 Å². The monoisotopic (exact) mass is 279 g/mol. The lowest BCUT2D eigenvalue weighted by Gasteiger charge is -2.31. The first-order chi connectivity index (χ1) is 9.22. The molecule has 6 heteroatoms. The summed E-state index contributed by atoms with van der Waals surface area (Å²) in [7, 11) is 0. The highest BCUT2D eigenvalue weighted by atomic mass is 32.1. The van der Waals surface area contributed by atoms with E-state index >= 15 is 0 Å². The fourth-order valence-electron chi connectivity index (χ4n) is 2.47. The van der Waals surface area contributed by atoms with Crippen LogP contribution in [0.25, 0.3) is 0 Å². The largest absolute Gasteiger partial charge is 0.370 e. The fourth-order valence-corrected chi connectivity index (χ4v) is 3.41. The Balaban J connectivity index is 1.57. The molecular formula is C13H21N5S. The number of likely N-dealkylation sites (tertiary alicyclic amines) is 1. The summed E-state index contributed by atoms with van der Waals surface area (Å²) in [5.74, 6) is 2.05. The summed E-state index contributed by atoms with van der Waals surface area (Å²) >= 11 is 1.69. The maximum absolute atomic E-state index is 6.07. The quantitative estimate of drug-likeness (QED) is 0.678. The maximum Gasteiger partial charge on any atom is 0.191 e. The molecule has 1 unspecified atom stereocenters. The van der Waals surface area contributed by atoms with Gasteiger partial charge in [-0.3, -0.25) is 0 Å². The molecule has 5 nitrogen and oxygen atoms in total. The Morgan fingerprint density at radius 1 is 1.42 bits per heavy atom. The third-order valence-electron chi connectivity index (χ3n) is 3.77. The van der Waals surface area contributed by atoms with Gasteiger partial charge in [-0.15, -0.1) is 10.2 Å². The van der Waals surface area contributed by atoms with Crippen LogP contribution >= 0.6 is 11.3 Å². The van der Waals surface area contributed by atoms with Crippen molar-refractivity contribution in [2.75, 3.05) is 13.1 Å². The zero-order valence-corrected chi connectivity index (χ0v) is 12.2. The maximum atomic E-state index is 6.07. The van der Waals surface area contributed by atoms with Gasteiger partial charge in [-0.05, 0) is 31.6 Å². The van der Waals surface area contributed by atoms with Gasteiger partial charge in [-0.1, -0.05) is 18.3 Å². The summed E-state index contributed by atoms with van der Waals surface area (Å²) in [4.78, 5) is 6.67. The SMILES string of the molecule is CC1CCCN(C(N)=NCc2nnc(C3CC3)s2)C1. The Bertz CT molecular complexity index is 465. The smallest absolute Gasteiger partial charge is 0.191 e. The Labute approximate surface area is 117 Å². The Morgan fingerprint density at radius 2 is 2.26 bits per heavy atom. The van der Waals surface area contributed by atoms with Crippen LogP contribution in [0.4, 0.5) is 0 Å². The molecule has 2 heterocycles. The molecule has 0 bridgehead atoms. The summed E-state index contributed by atoms with van der Waals surface area (Å²) in [5, 5.41) is 10.6. The number of aliphatic imine (C=N–C) groups is 1. The molecule has 1 saturated carbocycles. The third kappa shape index (κ3) is 3.23. The van der Waals surface area contributed by atoms with Crippen molar-refractivity contribution in [3.8, 4) is 0 Å². The van der Waals surface area contributed by atoms with E-state index < -0.39 is 0 Å². The number of hydrogen-bond donors (Lipinski definition) is 1. The highest BCUT2D eigenvalue weighted by molar-refractivity contribution is 7.11. The van der Waals surface area contributed by atoms with Gasteiger partial charge in [0.15, 0.2) is 5.96 Å². The van der Waals surface area contributed by atoms with E-state index in [1.165, 1.54) is 30.7 Å². The van der Waals surface area contributed by atoms with Crippen molar-refractivity contribution in [1.29, 1.82) is 0 Å². The van der Waals surface area contributed by atoms with Gasteiger partial charge in [0.05, 0.1) is 6.54 Å². The molecule has 1 aliphatic carbocycles. The van der Waals surface area contributed by atoms with Crippen LogP contribution in [0.5, 0.6) is 0 Å². The molecule has 0 amide bonds. The minimum atomic E-state index is 0.571. The minimum absolute atomic E-state index is 0.571. The molecule has 0 aromatic carbocycles. The molecule has 2 fully saturated rings. The highest BCUT2D eigenvalue weighted by Crippen LogP contribution is 2.41. The van der Waals surface area contributed by atoms with Crippen molar-refractivity contribution in [1.82, 2.24) is 15.1 Å². The van der Waals surface area contributed by atoms with E-state index in [2.05, 4.69) is 27.0 Å². The lowest BCUT2D eigenvalue weighted by Crippen LogP contribution is -2.43. The normalized spacial score (nSPS) is 24.8. The molecule has 1 aliphatic heterocycles. The predicted octanol–water partition coefficient (Wildman–Crippen LogP) is 1.96. The highest BCUT2D eigenvalue weighted by Gasteiger charge is 2.27. The van der Waals surface area contributed by atoms with Gasteiger partial charge in [0, 0.05) is 19.0 Å². The Hall–Kier alpha value is -1.17. The van der Waals surface area contributed by atoms with Gasteiger partial charge in [0.25, 0.3) is 0 Å². The van der Waals surface area contributed by atoms with E-state index in [1.54, 1.807) is 11.3 Å². The summed E-state index contributed by atoms with van der Waals surface area (Å²) in [6, 6.07) is 0. The van der Waals surface area contributed by atoms with Crippen LogP contribution in [0.2, 0.25) is 0 Å². The fraction of sp³-hybridized carbons (Fsp3) is 0.769. The van der Waals surface area contributed by atoms with Crippen molar-refractivity contribution in [3.63, 3.8) is 0 Å². The molecule has 0 spiro atoms. The standard InChI is InChI=1S/C13H21N5S/c1-9-3-2-6-18(8-9)13(14)15-7-11-16-17-12(19-11)10-4-5-10/h9-10H,2-8H2,1H3,(H2,14,15). The lowest BCUT2D eigenvalue weighted by atomic mass is 10.0. The van der Waals surface area contributed by atoms with Crippen molar-refractivity contribution in [3.05, 3.63) is 10.0 Å². The van der Waals surface area contributed by atoms with Crippen LogP contribution in [0.1, 0.15) is 48.5 Å². The molecule has 0 radical (unpaired) electrons. The summed E-state index contributed by atoms with van der Waals surface area (Å²) in [6.07, 6.45) is 5.05. The van der Waals surface area contributed by atoms with E-state index in [9.17, 15) is 0 Å².